The number of aromatic nitrogens is 1. The molecule has 0 aliphatic carbocycles. The zero-order valence-electron chi connectivity index (χ0n) is 13.1. The Hall–Kier alpha value is -2.82. The molecule has 23 heavy (non-hydrogen) atoms. The van der Waals surface area contributed by atoms with E-state index >= 15 is 0 Å². The lowest BCUT2D eigenvalue weighted by Gasteiger charge is -2.16. The molecular weight excluding hydrogens is 292 g/mol. The molecule has 0 aliphatic rings. The number of hydrogen-bond acceptors (Lipinski definition) is 4. The molecule has 1 heterocycles. The lowest BCUT2D eigenvalue weighted by Crippen LogP contribution is -2.31. The number of hydrogen-bond donors (Lipinski definition) is 1. The summed E-state index contributed by atoms with van der Waals surface area (Å²) in [5, 5.41) is 8.92. The molecule has 1 atom stereocenters. The summed E-state index contributed by atoms with van der Waals surface area (Å²) in [4.78, 5) is 12.0. The standard InChI is InChI=1S/C18H18N2O3/c1-12-10-18(20-23-12)22-11-17(21)19-13(2)15-9-5-7-14-6-3-4-8-16(14)15/h3-10,13H,11H2,1-2H3,(H,19,21). The number of benzene rings is 2. The summed E-state index contributed by atoms with van der Waals surface area (Å²) in [5.74, 6) is 0.756. The Bertz CT molecular complexity index is 821. The monoisotopic (exact) mass is 310 g/mol. The van der Waals surface area contributed by atoms with Crippen molar-refractivity contribution in [3.05, 3.63) is 59.9 Å². The van der Waals surface area contributed by atoms with Crippen LogP contribution in [0.3, 0.4) is 0 Å². The van der Waals surface area contributed by atoms with Crippen molar-refractivity contribution < 1.29 is 14.1 Å². The highest BCUT2D eigenvalue weighted by molar-refractivity contribution is 5.87. The molecule has 5 nitrogen and oxygen atoms in total. The number of carbonyl (C=O) groups is 1. The van der Waals surface area contributed by atoms with Gasteiger partial charge in [0.25, 0.3) is 11.8 Å². The van der Waals surface area contributed by atoms with Gasteiger partial charge in [-0.15, -0.1) is 0 Å². The van der Waals surface area contributed by atoms with E-state index < -0.39 is 0 Å². The van der Waals surface area contributed by atoms with Crippen LogP contribution < -0.4 is 10.1 Å². The quantitative estimate of drug-likeness (QED) is 0.784. The predicted molar refractivity (Wildman–Crippen MR) is 87.2 cm³/mol. The van der Waals surface area contributed by atoms with Crippen LogP contribution in [-0.2, 0) is 4.79 Å². The molecule has 2 aromatic carbocycles. The minimum Gasteiger partial charge on any atom is -0.465 e. The van der Waals surface area contributed by atoms with Gasteiger partial charge in [-0.3, -0.25) is 4.79 Å². The lowest BCUT2D eigenvalue weighted by atomic mass is 10.00. The molecule has 0 aliphatic heterocycles. The third-order valence-electron chi connectivity index (χ3n) is 3.62. The van der Waals surface area contributed by atoms with E-state index in [0.717, 1.165) is 16.3 Å². The minimum atomic E-state index is -0.203. The normalized spacial score (nSPS) is 12.1. The van der Waals surface area contributed by atoms with Crippen LogP contribution in [-0.4, -0.2) is 17.7 Å². The zero-order chi connectivity index (χ0) is 16.2. The lowest BCUT2D eigenvalue weighted by molar-refractivity contribution is -0.123. The Balaban J connectivity index is 1.65. The third kappa shape index (κ3) is 3.51. The van der Waals surface area contributed by atoms with Crippen molar-refractivity contribution in [3.63, 3.8) is 0 Å². The molecule has 118 valence electrons. The molecule has 1 N–H and O–H groups in total. The topological polar surface area (TPSA) is 64.4 Å². The molecule has 1 aromatic heterocycles. The maximum Gasteiger partial charge on any atom is 0.258 e. The van der Waals surface area contributed by atoms with Gasteiger partial charge in [0.15, 0.2) is 6.61 Å². The number of fused-ring (bicyclic) bond motifs is 1. The van der Waals surface area contributed by atoms with Crippen molar-refractivity contribution in [2.45, 2.75) is 19.9 Å². The average molecular weight is 310 g/mol. The number of rotatable bonds is 5. The fourth-order valence-electron chi connectivity index (χ4n) is 2.54. The van der Waals surface area contributed by atoms with E-state index in [-0.39, 0.29) is 18.6 Å². The Morgan fingerprint density at radius 1 is 1.26 bits per heavy atom. The second kappa shape index (κ2) is 6.52. The maximum atomic E-state index is 12.0. The Kier molecular flexibility index (Phi) is 4.28. The highest BCUT2D eigenvalue weighted by Crippen LogP contribution is 2.23. The number of nitrogens with one attached hydrogen (secondary N) is 1. The van der Waals surface area contributed by atoms with E-state index in [0.29, 0.717) is 11.6 Å². The van der Waals surface area contributed by atoms with Crippen LogP contribution in [0.15, 0.2) is 53.1 Å². The molecule has 3 rings (SSSR count). The van der Waals surface area contributed by atoms with Crippen LogP contribution in [0.25, 0.3) is 10.8 Å². The molecule has 0 fully saturated rings. The smallest absolute Gasteiger partial charge is 0.258 e. The van der Waals surface area contributed by atoms with Crippen molar-refractivity contribution in [1.82, 2.24) is 10.5 Å². The van der Waals surface area contributed by atoms with E-state index in [9.17, 15) is 4.79 Å². The van der Waals surface area contributed by atoms with Gasteiger partial charge in [-0.25, -0.2) is 0 Å². The predicted octanol–water partition coefficient (Wildman–Crippen LogP) is 3.39. The van der Waals surface area contributed by atoms with Gasteiger partial charge in [0.2, 0.25) is 0 Å². The Labute approximate surface area is 134 Å². The van der Waals surface area contributed by atoms with Gasteiger partial charge in [-0.2, -0.15) is 0 Å². The summed E-state index contributed by atoms with van der Waals surface area (Å²) >= 11 is 0. The van der Waals surface area contributed by atoms with Gasteiger partial charge in [-0.1, -0.05) is 42.5 Å². The summed E-state index contributed by atoms with van der Waals surface area (Å²) in [7, 11) is 0. The van der Waals surface area contributed by atoms with Crippen molar-refractivity contribution in [1.29, 1.82) is 0 Å². The van der Waals surface area contributed by atoms with Gasteiger partial charge in [-0.05, 0) is 35.3 Å². The number of ether oxygens (including phenoxy) is 1. The average Bonchev–Trinajstić information content (AvgIpc) is 2.98. The fraction of sp³-hybridized carbons (Fsp3) is 0.222. The summed E-state index contributed by atoms with van der Waals surface area (Å²) in [6.07, 6.45) is 0. The first kappa shape index (κ1) is 15.1. The Morgan fingerprint density at radius 3 is 2.83 bits per heavy atom. The van der Waals surface area contributed by atoms with Crippen molar-refractivity contribution in [3.8, 4) is 5.88 Å². The summed E-state index contributed by atoms with van der Waals surface area (Å²) in [5.41, 5.74) is 1.08. The van der Waals surface area contributed by atoms with E-state index in [1.54, 1.807) is 13.0 Å². The molecule has 0 radical (unpaired) electrons. The zero-order valence-corrected chi connectivity index (χ0v) is 13.1. The minimum absolute atomic E-state index is 0.0962. The first-order valence-corrected chi connectivity index (χ1v) is 7.46. The SMILES string of the molecule is Cc1cc(OCC(=O)NC(C)c2cccc3ccccc23)no1. The number of carbonyl (C=O) groups excluding carboxylic acids is 1. The first-order chi connectivity index (χ1) is 11.1. The highest BCUT2D eigenvalue weighted by Gasteiger charge is 2.13. The number of amides is 1. The Morgan fingerprint density at radius 2 is 2.04 bits per heavy atom. The summed E-state index contributed by atoms with van der Waals surface area (Å²) in [6.45, 7) is 3.63. The fourth-order valence-corrected chi connectivity index (χ4v) is 2.54. The summed E-state index contributed by atoms with van der Waals surface area (Å²) in [6, 6.07) is 15.7. The van der Waals surface area contributed by atoms with E-state index in [1.807, 2.05) is 31.2 Å². The molecule has 0 spiro atoms. The van der Waals surface area contributed by atoms with Crippen LogP contribution in [0.4, 0.5) is 0 Å². The molecule has 0 saturated carbocycles. The largest absolute Gasteiger partial charge is 0.465 e. The second-order valence-corrected chi connectivity index (χ2v) is 5.42. The van der Waals surface area contributed by atoms with Crippen molar-refractivity contribution >= 4 is 16.7 Å². The van der Waals surface area contributed by atoms with Gasteiger partial charge in [0, 0.05) is 6.07 Å². The number of aryl methyl sites for hydroxylation is 1. The molecule has 3 aromatic rings. The van der Waals surface area contributed by atoms with Gasteiger partial charge < -0.3 is 14.6 Å². The van der Waals surface area contributed by atoms with Crippen LogP contribution in [0.1, 0.15) is 24.3 Å². The van der Waals surface area contributed by atoms with Gasteiger partial charge in [0.05, 0.1) is 6.04 Å². The molecule has 1 amide bonds. The first-order valence-electron chi connectivity index (χ1n) is 7.46. The molecule has 0 bridgehead atoms. The summed E-state index contributed by atoms with van der Waals surface area (Å²) < 4.78 is 10.2. The van der Waals surface area contributed by atoms with Crippen LogP contribution in [0.2, 0.25) is 0 Å². The van der Waals surface area contributed by atoms with Gasteiger partial charge >= 0.3 is 0 Å². The van der Waals surface area contributed by atoms with E-state index in [1.165, 1.54) is 0 Å². The van der Waals surface area contributed by atoms with Crippen LogP contribution in [0, 0.1) is 6.92 Å². The molecular formula is C18H18N2O3. The van der Waals surface area contributed by atoms with Crippen LogP contribution >= 0.6 is 0 Å². The second-order valence-electron chi connectivity index (χ2n) is 5.42. The third-order valence-corrected chi connectivity index (χ3v) is 3.62. The molecule has 5 heteroatoms. The van der Waals surface area contributed by atoms with Crippen molar-refractivity contribution in [2.75, 3.05) is 6.61 Å². The van der Waals surface area contributed by atoms with E-state index in [4.69, 9.17) is 9.26 Å². The highest BCUT2D eigenvalue weighted by atomic mass is 16.5. The maximum absolute atomic E-state index is 12.0. The molecule has 0 saturated heterocycles. The van der Waals surface area contributed by atoms with Crippen molar-refractivity contribution in [2.24, 2.45) is 0 Å². The van der Waals surface area contributed by atoms with Gasteiger partial charge in [0.1, 0.15) is 5.76 Å². The molecule has 1 unspecified atom stereocenters. The van der Waals surface area contributed by atoms with Crippen LogP contribution in [0.5, 0.6) is 5.88 Å². The number of nitrogens with zero attached hydrogens (tertiary/aromatic N) is 1. The van der Waals surface area contributed by atoms with E-state index in [2.05, 4.69) is 28.7 Å².